The molecule has 0 aromatic rings. The molecule has 0 aromatic carbocycles. The van der Waals surface area contributed by atoms with E-state index in [0.717, 1.165) is 25.8 Å². The van der Waals surface area contributed by atoms with Gasteiger partial charge >= 0.3 is 6.03 Å². The first-order valence-electron chi connectivity index (χ1n) is 4.47. The van der Waals surface area contributed by atoms with Crippen molar-refractivity contribution in [1.29, 1.82) is 0 Å². The Hall–Kier alpha value is -0.990. The summed E-state index contributed by atoms with van der Waals surface area (Å²) in [6.45, 7) is 4.80. The van der Waals surface area contributed by atoms with Gasteiger partial charge in [-0.25, -0.2) is 4.79 Å². The third-order valence-electron chi connectivity index (χ3n) is 2.77. The van der Waals surface area contributed by atoms with E-state index in [9.17, 15) is 4.79 Å². The number of carbonyl (C=O) groups is 1. The minimum atomic E-state index is -0.0104. The second-order valence-corrected chi connectivity index (χ2v) is 3.71. The van der Waals surface area contributed by atoms with Gasteiger partial charge < -0.3 is 10.6 Å². The molecule has 1 aliphatic carbocycles. The fourth-order valence-corrected chi connectivity index (χ4v) is 2.06. The third kappa shape index (κ3) is 1.31. The summed E-state index contributed by atoms with van der Waals surface area (Å²) < 4.78 is 0. The van der Waals surface area contributed by atoms with E-state index in [1.54, 1.807) is 0 Å². The number of rotatable bonds is 0. The summed E-state index contributed by atoms with van der Waals surface area (Å²) in [6, 6.07) is 0.382. The normalized spacial score (nSPS) is 35.0. The zero-order valence-electron chi connectivity index (χ0n) is 7.10. The van der Waals surface area contributed by atoms with Crippen LogP contribution < -0.4 is 10.6 Å². The van der Waals surface area contributed by atoms with Crippen LogP contribution in [0.15, 0.2) is 12.2 Å². The molecular weight excluding hydrogens is 152 g/mol. The zero-order valence-corrected chi connectivity index (χ0v) is 7.10. The summed E-state index contributed by atoms with van der Waals surface area (Å²) in [5.74, 6) is 0.573. The maximum atomic E-state index is 11.0. The second kappa shape index (κ2) is 2.81. The van der Waals surface area contributed by atoms with Crippen molar-refractivity contribution in [3.05, 3.63) is 12.2 Å². The number of hydrogen-bond donors (Lipinski definition) is 2. The summed E-state index contributed by atoms with van der Waals surface area (Å²) >= 11 is 0. The quantitative estimate of drug-likeness (QED) is 0.518. The van der Waals surface area contributed by atoms with E-state index in [1.807, 2.05) is 0 Å². The van der Waals surface area contributed by atoms with Crippen LogP contribution in [0.25, 0.3) is 0 Å². The Kier molecular flexibility index (Phi) is 1.79. The first kappa shape index (κ1) is 7.65. The third-order valence-corrected chi connectivity index (χ3v) is 2.77. The van der Waals surface area contributed by atoms with Gasteiger partial charge in [0.05, 0.1) is 0 Å². The molecule has 66 valence electrons. The fourth-order valence-electron chi connectivity index (χ4n) is 2.06. The van der Waals surface area contributed by atoms with E-state index >= 15 is 0 Å². The number of hydrogen-bond acceptors (Lipinski definition) is 1. The highest BCUT2D eigenvalue weighted by Crippen LogP contribution is 2.28. The molecule has 0 radical (unpaired) electrons. The molecule has 3 nitrogen and oxygen atoms in total. The van der Waals surface area contributed by atoms with Crippen LogP contribution in [0.5, 0.6) is 0 Å². The minimum absolute atomic E-state index is 0.0104. The molecule has 3 heteroatoms. The molecule has 0 spiro atoms. The molecule has 2 fully saturated rings. The molecule has 2 amide bonds. The summed E-state index contributed by atoms with van der Waals surface area (Å²) in [4.78, 5) is 11.0. The predicted octanol–water partition coefficient (Wildman–Crippen LogP) is 1.02. The minimum Gasteiger partial charge on any atom is -0.338 e. The van der Waals surface area contributed by atoms with Gasteiger partial charge in [0.15, 0.2) is 0 Å². The van der Waals surface area contributed by atoms with Crippen molar-refractivity contribution in [3.63, 3.8) is 0 Å². The second-order valence-electron chi connectivity index (χ2n) is 3.71. The lowest BCUT2D eigenvalue weighted by molar-refractivity contribution is 0.204. The Morgan fingerprint density at radius 2 is 2.33 bits per heavy atom. The molecule has 2 unspecified atom stereocenters. The standard InChI is InChI=1S/C9H14N2O/c1-6-2-3-8-7(4-6)5-10-9(12)11-8/h7-8H,1-5H2,(H2,10,11,12). The van der Waals surface area contributed by atoms with E-state index in [0.29, 0.717) is 12.0 Å². The van der Waals surface area contributed by atoms with Crippen LogP contribution in [0.2, 0.25) is 0 Å². The highest BCUT2D eigenvalue weighted by atomic mass is 16.2. The molecule has 2 atom stereocenters. The number of fused-ring (bicyclic) bond motifs is 1. The molecule has 2 aliphatic rings. The maximum Gasteiger partial charge on any atom is 0.315 e. The molecule has 1 saturated carbocycles. The average Bonchev–Trinajstić information content (AvgIpc) is 2.05. The Bertz CT molecular complexity index is 201. The maximum absolute atomic E-state index is 11.0. The molecule has 2 N–H and O–H groups in total. The van der Waals surface area contributed by atoms with Crippen LogP contribution in [0.4, 0.5) is 4.79 Å². The molecular formula is C9H14N2O. The largest absolute Gasteiger partial charge is 0.338 e. The molecule has 1 aliphatic heterocycles. The monoisotopic (exact) mass is 166 g/mol. The van der Waals surface area contributed by atoms with Gasteiger partial charge in [0, 0.05) is 18.5 Å². The number of nitrogens with one attached hydrogen (secondary N) is 2. The molecule has 12 heavy (non-hydrogen) atoms. The fraction of sp³-hybridized carbons (Fsp3) is 0.667. The summed E-state index contributed by atoms with van der Waals surface area (Å²) in [5.41, 5.74) is 1.33. The molecule has 0 aromatic heterocycles. The first-order chi connectivity index (χ1) is 5.75. The van der Waals surface area contributed by atoms with Gasteiger partial charge in [-0.1, -0.05) is 12.2 Å². The van der Waals surface area contributed by atoms with Crippen LogP contribution in [-0.2, 0) is 0 Å². The highest BCUT2D eigenvalue weighted by Gasteiger charge is 2.31. The van der Waals surface area contributed by atoms with Gasteiger partial charge in [0.2, 0.25) is 0 Å². The summed E-state index contributed by atoms with van der Waals surface area (Å²) in [6.07, 6.45) is 3.20. The zero-order chi connectivity index (χ0) is 8.55. The van der Waals surface area contributed by atoms with Gasteiger partial charge in [-0.05, 0) is 19.3 Å². The molecule has 2 rings (SSSR count). The summed E-state index contributed by atoms with van der Waals surface area (Å²) in [7, 11) is 0. The lowest BCUT2D eigenvalue weighted by atomic mass is 9.81. The van der Waals surface area contributed by atoms with Crippen molar-refractivity contribution in [1.82, 2.24) is 10.6 Å². The number of allylic oxidation sites excluding steroid dienone is 1. The van der Waals surface area contributed by atoms with Gasteiger partial charge in [-0.2, -0.15) is 0 Å². The average molecular weight is 166 g/mol. The van der Waals surface area contributed by atoms with E-state index < -0.39 is 0 Å². The lowest BCUT2D eigenvalue weighted by Crippen LogP contribution is -2.55. The Balaban J connectivity index is 2.02. The number of urea groups is 1. The Morgan fingerprint density at radius 1 is 1.50 bits per heavy atom. The van der Waals surface area contributed by atoms with E-state index in [-0.39, 0.29) is 6.03 Å². The summed E-state index contributed by atoms with van der Waals surface area (Å²) in [5, 5.41) is 5.76. The topological polar surface area (TPSA) is 41.1 Å². The van der Waals surface area contributed by atoms with Gasteiger partial charge in [0.25, 0.3) is 0 Å². The first-order valence-corrected chi connectivity index (χ1v) is 4.47. The van der Waals surface area contributed by atoms with Crippen LogP contribution >= 0.6 is 0 Å². The van der Waals surface area contributed by atoms with E-state index in [1.165, 1.54) is 5.57 Å². The van der Waals surface area contributed by atoms with Crippen molar-refractivity contribution in [2.45, 2.75) is 25.3 Å². The van der Waals surface area contributed by atoms with Crippen LogP contribution in [0.1, 0.15) is 19.3 Å². The van der Waals surface area contributed by atoms with Crippen molar-refractivity contribution < 1.29 is 4.79 Å². The number of carbonyl (C=O) groups excluding carboxylic acids is 1. The molecule has 1 saturated heterocycles. The molecule has 0 bridgehead atoms. The van der Waals surface area contributed by atoms with Crippen molar-refractivity contribution in [3.8, 4) is 0 Å². The van der Waals surface area contributed by atoms with Crippen LogP contribution in [-0.4, -0.2) is 18.6 Å². The van der Waals surface area contributed by atoms with E-state index in [4.69, 9.17) is 0 Å². The van der Waals surface area contributed by atoms with Gasteiger partial charge in [-0.3, -0.25) is 0 Å². The van der Waals surface area contributed by atoms with Crippen molar-refractivity contribution >= 4 is 6.03 Å². The Labute approximate surface area is 72.2 Å². The van der Waals surface area contributed by atoms with Crippen LogP contribution in [0.3, 0.4) is 0 Å². The predicted molar refractivity (Wildman–Crippen MR) is 46.8 cm³/mol. The highest BCUT2D eigenvalue weighted by molar-refractivity contribution is 5.75. The van der Waals surface area contributed by atoms with Crippen molar-refractivity contribution in [2.24, 2.45) is 5.92 Å². The number of amides is 2. The van der Waals surface area contributed by atoms with Gasteiger partial charge in [-0.15, -0.1) is 0 Å². The van der Waals surface area contributed by atoms with Crippen molar-refractivity contribution in [2.75, 3.05) is 6.54 Å². The lowest BCUT2D eigenvalue weighted by Gasteiger charge is -2.37. The van der Waals surface area contributed by atoms with Crippen LogP contribution in [0, 0.1) is 5.92 Å². The molecule has 1 heterocycles. The SMILES string of the molecule is C=C1CCC2NC(=O)NCC2C1. The smallest absolute Gasteiger partial charge is 0.315 e. The van der Waals surface area contributed by atoms with E-state index in [2.05, 4.69) is 17.2 Å². The Morgan fingerprint density at radius 3 is 3.17 bits per heavy atom. The van der Waals surface area contributed by atoms with Gasteiger partial charge in [0.1, 0.15) is 0 Å².